The van der Waals surface area contributed by atoms with Gasteiger partial charge in [-0.05, 0) is 43.4 Å². The fourth-order valence-corrected chi connectivity index (χ4v) is 2.90. The van der Waals surface area contributed by atoms with Crippen LogP contribution in [0.25, 0.3) is 0 Å². The summed E-state index contributed by atoms with van der Waals surface area (Å²) in [7, 11) is 1.62. The summed E-state index contributed by atoms with van der Waals surface area (Å²) in [6, 6.07) is 5.80. The van der Waals surface area contributed by atoms with E-state index in [-0.39, 0.29) is 37.2 Å². The molecule has 2 N–H and O–H groups in total. The van der Waals surface area contributed by atoms with Gasteiger partial charge in [0.1, 0.15) is 6.61 Å². The van der Waals surface area contributed by atoms with Gasteiger partial charge in [-0.1, -0.05) is 13.0 Å². The Hall–Kier alpha value is -1.22. The lowest BCUT2D eigenvalue weighted by Crippen LogP contribution is -2.45. The van der Waals surface area contributed by atoms with Crippen LogP contribution in [0.4, 0.5) is 0 Å². The molecular weight excluding hydrogens is 445 g/mol. The highest BCUT2D eigenvalue weighted by atomic mass is 127. The third-order valence-electron chi connectivity index (χ3n) is 4.41. The highest BCUT2D eigenvalue weighted by molar-refractivity contribution is 14.0. The number of hydrogen-bond donors (Lipinski definition) is 2. The van der Waals surface area contributed by atoms with E-state index < -0.39 is 0 Å². The van der Waals surface area contributed by atoms with Gasteiger partial charge in [0.15, 0.2) is 17.5 Å². The maximum absolute atomic E-state index is 8.89. The van der Waals surface area contributed by atoms with Gasteiger partial charge in [0.2, 0.25) is 0 Å². The second-order valence-electron chi connectivity index (χ2n) is 6.40. The van der Waals surface area contributed by atoms with Crippen LogP contribution >= 0.6 is 24.0 Å². The molecule has 0 atom stereocenters. The molecule has 0 radical (unpaired) electrons. The van der Waals surface area contributed by atoms with Crippen LogP contribution in [0, 0.1) is 5.92 Å². The van der Waals surface area contributed by atoms with Crippen LogP contribution in [0.5, 0.6) is 11.5 Å². The monoisotopic (exact) mass is 477 g/mol. The van der Waals surface area contributed by atoms with Gasteiger partial charge in [-0.3, -0.25) is 0 Å². The first-order valence-electron chi connectivity index (χ1n) is 9.11. The van der Waals surface area contributed by atoms with Crippen LogP contribution in [0.2, 0.25) is 0 Å². The minimum absolute atomic E-state index is 0. The van der Waals surface area contributed by atoms with Crippen molar-refractivity contribution in [3.8, 4) is 11.5 Å². The second kappa shape index (κ2) is 12.2. The minimum Gasteiger partial charge on any atom is -0.493 e. The quantitative estimate of drug-likeness (QED) is 0.359. The molecule has 2 rings (SSSR count). The first-order chi connectivity index (χ1) is 12.2. The lowest BCUT2D eigenvalue weighted by Gasteiger charge is -2.33. The van der Waals surface area contributed by atoms with E-state index in [1.54, 1.807) is 7.11 Å². The summed E-state index contributed by atoms with van der Waals surface area (Å²) in [5, 5.41) is 12.3. The summed E-state index contributed by atoms with van der Waals surface area (Å²) < 4.78 is 10.9. The van der Waals surface area contributed by atoms with E-state index in [1.807, 2.05) is 18.2 Å². The number of methoxy groups -OCH3 is 1. The summed E-state index contributed by atoms with van der Waals surface area (Å²) in [6.07, 6.45) is 2.43. The predicted molar refractivity (Wildman–Crippen MR) is 116 cm³/mol. The zero-order valence-corrected chi connectivity index (χ0v) is 18.4. The molecule has 0 aromatic heterocycles. The Balaban J connectivity index is 0.00000338. The SMILES string of the molecule is CCNC(=NCc1ccc(OCCO)c(OC)c1)N1CCC(C)CC1.I. The molecule has 1 aliphatic rings. The number of guanidine groups is 1. The van der Waals surface area contributed by atoms with Crippen LogP contribution in [0.15, 0.2) is 23.2 Å². The third-order valence-corrected chi connectivity index (χ3v) is 4.41. The number of aliphatic hydroxyl groups is 1. The molecular formula is C19H32IN3O3. The Morgan fingerprint density at radius 2 is 2.04 bits per heavy atom. The normalized spacial score (nSPS) is 15.4. The van der Waals surface area contributed by atoms with Crippen molar-refractivity contribution in [2.45, 2.75) is 33.2 Å². The van der Waals surface area contributed by atoms with E-state index in [9.17, 15) is 0 Å². The standard InChI is InChI=1S/C19H31N3O3.HI/c1-4-20-19(22-9-7-15(2)8-10-22)21-14-16-5-6-17(25-12-11-23)18(13-16)24-3;/h5-6,13,15,23H,4,7-12,14H2,1-3H3,(H,20,21);1H. The van der Waals surface area contributed by atoms with Crippen LogP contribution in [0.3, 0.4) is 0 Å². The molecule has 1 saturated heterocycles. The van der Waals surface area contributed by atoms with Crippen molar-refractivity contribution in [1.29, 1.82) is 0 Å². The number of rotatable bonds is 7. The number of ether oxygens (including phenoxy) is 2. The van der Waals surface area contributed by atoms with E-state index in [2.05, 4.69) is 24.1 Å². The number of piperidine rings is 1. The predicted octanol–water partition coefficient (Wildman–Crippen LogP) is 2.88. The first-order valence-corrected chi connectivity index (χ1v) is 9.11. The lowest BCUT2D eigenvalue weighted by atomic mass is 10.00. The number of aliphatic hydroxyl groups excluding tert-OH is 1. The number of benzene rings is 1. The molecule has 0 saturated carbocycles. The van der Waals surface area contributed by atoms with Gasteiger partial charge in [0, 0.05) is 19.6 Å². The number of nitrogens with one attached hydrogen (secondary N) is 1. The Bertz CT molecular complexity index is 561. The highest BCUT2D eigenvalue weighted by Gasteiger charge is 2.18. The zero-order chi connectivity index (χ0) is 18.1. The van der Waals surface area contributed by atoms with Crippen LogP contribution < -0.4 is 14.8 Å². The van der Waals surface area contributed by atoms with Crippen molar-refractivity contribution in [3.63, 3.8) is 0 Å². The van der Waals surface area contributed by atoms with Gasteiger partial charge < -0.3 is 24.8 Å². The molecule has 1 fully saturated rings. The maximum atomic E-state index is 8.89. The minimum atomic E-state index is -0.0182. The van der Waals surface area contributed by atoms with Crippen molar-refractivity contribution in [2.24, 2.45) is 10.9 Å². The first kappa shape index (κ1) is 22.8. The number of aliphatic imine (C=N–C) groups is 1. The van der Waals surface area contributed by atoms with Gasteiger partial charge in [-0.2, -0.15) is 0 Å². The average Bonchev–Trinajstić information content (AvgIpc) is 2.64. The molecule has 7 heteroatoms. The molecule has 6 nitrogen and oxygen atoms in total. The van der Waals surface area contributed by atoms with Crippen LogP contribution in [-0.4, -0.2) is 55.9 Å². The zero-order valence-electron chi connectivity index (χ0n) is 16.0. The summed E-state index contributed by atoms with van der Waals surface area (Å²) >= 11 is 0. The van der Waals surface area contributed by atoms with Gasteiger partial charge in [0.05, 0.1) is 20.3 Å². The molecule has 0 bridgehead atoms. The molecule has 1 aromatic rings. The maximum Gasteiger partial charge on any atom is 0.194 e. The molecule has 1 heterocycles. The smallest absolute Gasteiger partial charge is 0.194 e. The Morgan fingerprint density at radius 3 is 2.65 bits per heavy atom. The summed E-state index contributed by atoms with van der Waals surface area (Å²) in [6.45, 7) is 8.22. The Labute approximate surface area is 174 Å². The molecule has 0 unspecified atom stereocenters. The van der Waals surface area contributed by atoms with Gasteiger partial charge >= 0.3 is 0 Å². The lowest BCUT2D eigenvalue weighted by molar-refractivity contribution is 0.196. The molecule has 26 heavy (non-hydrogen) atoms. The number of hydrogen-bond acceptors (Lipinski definition) is 4. The molecule has 1 aromatic carbocycles. The van der Waals surface area contributed by atoms with E-state index in [0.29, 0.717) is 18.0 Å². The summed E-state index contributed by atoms with van der Waals surface area (Å²) in [5.74, 6) is 3.09. The molecule has 1 aliphatic heterocycles. The third kappa shape index (κ3) is 6.83. The molecule has 0 amide bonds. The molecule has 0 aliphatic carbocycles. The fraction of sp³-hybridized carbons (Fsp3) is 0.632. The molecule has 0 spiro atoms. The highest BCUT2D eigenvalue weighted by Crippen LogP contribution is 2.28. The largest absolute Gasteiger partial charge is 0.493 e. The van der Waals surface area contributed by atoms with Crippen molar-refractivity contribution < 1.29 is 14.6 Å². The van der Waals surface area contributed by atoms with Crippen molar-refractivity contribution in [2.75, 3.05) is 40.0 Å². The van der Waals surface area contributed by atoms with Crippen LogP contribution in [0.1, 0.15) is 32.3 Å². The van der Waals surface area contributed by atoms with Crippen molar-refractivity contribution in [3.05, 3.63) is 23.8 Å². The number of halogens is 1. The van der Waals surface area contributed by atoms with Crippen molar-refractivity contribution in [1.82, 2.24) is 10.2 Å². The number of nitrogens with zero attached hydrogens (tertiary/aromatic N) is 2. The van der Waals surface area contributed by atoms with E-state index in [1.165, 1.54) is 12.8 Å². The van der Waals surface area contributed by atoms with E-state index in [4.69, 9.17) is 19.6 Å². The van der Waals surface area contributed by atoms with Crippen LogP contribution in [-0.2, 0) is 6.54 Å². The Morgan fingerprint density at radius 1 is 1.31 bits per heavy atom. The van der Waals surface area contributed by atoms with Crippen molar-refractivity contribution >= 4 is 29.9 Å². The van der Waals surface area contributed by atoms with Gasteiger partial charge in [-0.15, -0.1) is 24.0 Å². The molecule has 148 valence electrons. The second-order valence-corrected chi connectivity index (χ2v) is 6.40. The fourth-order valence-electron chi connectivity index (χ4n) is 2.90. The summed E-state index contributed by atoms with van der Waals surface area (Å²) in [5.41, 5.74) is 1.06. The van der Waals surface area contributed by atoms with Gasteiger partial charge in [-0.25, -0.2) is 4.99 Å². The van der Waals surface area contributed by atoms with E-state index >= 15 is 0 Å². The topological polar surface area (TPSA) is 66.3 Å². The number of likely N-dealkylation sites (tertiary alicyclic amines) is 1. The van der Waals surface area contributed by atoms with Gasteiger partial charge in [0.25, 0.3) is 0 Å². The summed E-state index contributed by atoms with van der Waals surface area (Å²) in [4.78, 5) is 7.14. The van der Waals surface area contributed by atoms with E-state index in [0.717, 1.165) is 37.1 Å². The average molecular weight is 477 g/mol. The Kier molecular flexibility index (Phi) is 10.7.